The van der Waals surface area contributed by atoms with Crippen LogP contribution in [0.5, 0.6) is 0 Å². The van der Waals surface area contributed by atoms with E-state index in [1.54, 1.807) is 13.0 Å². The number of amides is 1. The van der Waals surface area contributed by atoms with Crippen molar-refractivity contribution in [3.8, 4) is 0 Å². The standard InChI is InChI=1S/C16H20FN3O2.C6H6/c1-11-12(17)4-5-13(18-11)19-9-6-16(7-10-19)15(21)20-8-2-3-14(20)22-16;1-2-4-6-5-3-1/h4-5,14H,2-3,6-10H2,1H3;1-6H. The van der Waals surface area contributed by atoms with E-state index >= 15 is 0 Å². The van der Waals surface area contributed by atoms with Crippen molar-refractivity contribution in [2.24, 2.45) is 0 Å². The Labute approximate surface area is 165 Å². The second-order valence-electron chi connectivity index (χ2n) is 7.59. The van der Waals surface area contributed by atoms with Gasteiger partial charge in [-0.1, -0.05) is 36.4 Å². The molecule has 3 fully saturated rings. The largest absolute Gasteiger partial charge is 0.356 e. The Kier molecular flexibility index (Phi) is 5.31. The fourth-order valence-electron chi connectivity index (χ4n) is 4.18. The van der Waals surface area contributed by atoms with Gasteiger partial charge in [0.1, 0.15) is 17.9 Å². The monoisotopic (exact) mass is 383 g/mol. The second kappa shape index (κ2) is 7.87. The number of fused-ring (bicyclic) bond motifs is 1. The van der Waals surface area contributed by atoms with E-state index in [1.165, 1.54) is 6.07 Å². The molecule has 148 valence electrons. The van der Waals surface area contributed by atoms with E-state index in [0.29, 0.717) is 31.6 Å². The summed E-state index contributed by atoms with van der Waals surface area (Å²) in [5.41, 5.74) is -0.219. The molecule has 1 amide bonds. The summed E-state index contributed by atoms with van der Waals surface area (Å²) in [6, 6.07) is 15.2. The van der Waals surface area contributed by atoms with Gasteiger partial charge < -0.3 is 14.5 Å². The van der Waals surface area contributed by atoms with Gasteiger partial charge in [-0.05, 0) is 31.9 Å². The molecule has 0 saturated carbocycles. The van der Waals surface area contributed by atoms with E-state index in [2.05, 4.69) is 9.88 Å². The van der Waals surface area contributed by atoms with Crippen LogP contribution in [0.4, 0.5) is 10.2 Å². The second-order valence-corrected chi connectivity index (χ2v) is 7.59. The number of piperidine rings is 1. The Balaban J connectivity index is 0.000000275. The number of halogens is 1. The lowest BCUT2D eigenvalue weighted by Crippen LogP contribution is -2.50. The molecule has 3 aliphatic heterocycles. The third kappa shape index (κ3) is 3.61. The fraction of sp³-hybridized carbons (Fsp3) is 0.455. The van der Waals surface area contributed by atoms with Crippen molar-refractivity contribution in [1.82, 2.24) is 9.88 Å². The normalized spacial score (nSPS) is 22.8. The van der Waals surface area contributed by atoms with E-state index in [4.69, 9.17) is 4.74 Å². The molecule has 5 rings (SSSR count). The number of aryl methyl sites for hydroxylation is 1. The first-order valence-electron chi connectivity index (χ1n) is 9.96. The van der Waals surface area contributed by atoms with Crippen LogP contribution in [0.3, 0.4) is 0 Å². The number of aromatic nitrogens is 1. The highest BCUT2D eigenvalue weighted by atomic mass is 19.1. The Morgan fingerprint density at radius 1 is 1.07 bits per heavy atom. The molecule has 5 nitrogen and oxygen atoms in total. The lowest BCUT2D eigenvalue weighted by Gasteiger charge is -2.37. The topological polar surface area (TPSA) is 45.7 Å². The smallest absolute Gasteiger partial charge is 0.257 e. The van der Waals surface area contributed by atoms with Gasteiger partial charge in [-0.25, -0.2) is 9.37 Å². The van der Waals surface area contributed by atoms with Crippen molar-refractivity contribution in [3.63, 3.8) is 0 Å². The number of hydrogen-bond acceptors (Lipinski definition) is 4. The summed E-state index contributed by atoms with van der Waals surface area (Å²) in [7, 11) is 0. The Morgan fingerprint density at radius 2 is 1.71 bits per heavy atom. The molecule has 3 saturated heterocycles. The maximum absolute atomic E-state index is 13.3. The zero-order chi connectivity index (χ0) is 19.6. The third-order valence-electron chi connectivity index (χ3n) is 5.78. The van der Waals surface area contributed by atoms with Gasteiger partial charge in [0.2, 0.25) is 0 Å². The molecule has 0 aliphatic carbocycles. The Morgan fingerprint density at radius 3 is 2.29 bits per heavy atom. The van der Waals surface area contributed by atoms with E-state index < -0.39 is 5.60 Å². The van der Waals surface area contributed by atoms with Crippen molar-refractivity contribution in [3.05, 3.63) is 60.0 Å². The number of rotatable bonds is 1. The minimum Gasteiger partial charge on any atom is -0.356 e. The molecule has 1 spiro atoms. The molecule has 28 heavy (non-hydrogen) atoms. The molecule has 0 N–H and O–H groups in total. The van der Waals surface area contributed by atoms with Gasteiger partial charge in [-0.3, -0.25) is 4.79 Å². The van der Waals surface area contributed by atoms with Crippen molar-refractivity contribution >= 4 is 11.7 Å². The number of pyridine rings is 1. The number of ether oxygens (including phenoxy) is 1. The van der Waals surface area contributed by atoms with E-state index in [1.807, 2.05) is 41.3 Å². The van der Waals surface area contributed by atoms with E-state index in [0.717, 1.165) is 25.2 Å². The molecule has 0 radical (unpaired) electrons. The lowest BCUT2D eigenvalue weighted by atomic mass is 9.90. The molecular formula is C22H26FN3O2. The van der Waals surface area contributed by atoms with Crippen LogP contribution in [0, 0.1) is 12.7 Å². The molecule has 1 aromatic carbocycles. The van der Waals surface area contributed by atoms with Crippen molar-refractivity contribution in [2.75, 3.05) is 24.5 Å². The quantitative estimate of drug-likeness (QED) is 0.756. The SMILES string of the molecule is Cc1nc(N2CCC3(CC2)OC2CCCN2C3=O)ccc1F.c1ccccc1. The predicted molar refractivity (Wildman–Crippen MR) is 105 cm³/mol. The molecule has 3 aliphatic rings. The fourth-order valence-corrected chi connectivity index (χ4v) is 4.18. The van der Waals surface area contributed by atoms with Gasteiger partial charge in [-0.15, -0.1) is 0 Å². The van der Waals surface area contributed by atoms with Crippen molar-refractivity contribution in [1.29, 1.82) is 0 Å². The minimum absolute atomic E-state index is 0.00904. The molecular weight excluding hydrogens is 357 g/mol. The number of benzene rings is 1. The number of nitrogens with zero attached hydrogens (tertiary/aromatic N) is 3. The van der Waals surface area contributed by atoms with E-state index in [-0.39, 0.29) is 18.0 Å². The summed E-state index contributed by atoms with van der Waals surface area (Å²) in [4.78, 5) is 20.9. The van der Waals surface area contributed by atoms with Gasteiger partial charge in [0.15, 0.2) is 5.60 Å². The van der Waals surface area contributed by atoms with Crippen LogP contribution in [0.25, 0.3) is 0 Å². The van der Waals surface area contributed by atoms with Gasteiger partial charge >= 0.3 is 0 Å². The Hall–Kier alpha value is -2.47. The van der Waals surface area contributed by atoms with E-state index in [9.17, 15) is 9.18 Å². The zero-order valence-corrected chi connectivity index (χ0v) is 16.2. The maximum Gasteiger partial charge on any atom is 0.257 e. The summed E-state index contributed by atoms with van der Waals surface area (Å²) >= 11 is 0. The first-order valence-corrected chi connectivity index (χ1v) is 9.96. The summed E-state index contributed by atoms with van der Waals surface area (Å²) in [6.45, 7) is 3.92. The van der Waals surface area contributed by atoms with Crippen LogP contribution < -0.4 is 4.90 Å². The average Bonchev–Trinajstić information content (AvgIpc) is 3.28. The lowest BCUT2D eigenvalue weighted by molar-refractivity contribution is -0.139. The van der Waals surface area contributed by atoms with Gasteiger partial charge in [-0.2, -0.15) is 0 Å². The van der Waals surface area contributed by atoms with Crippen LogP contribution in [0.2, 0.25) is 0 Å². The van der Waals surface area contributed by atoms with Crippen molar-refractivity contribution < 1.29 is 13.9 Å². The molecule has 1 atom stereocenters. The van der Waals surface area contributed by atoms with Gasteiger partial charge in [0.05, 0.1) is 5.69 Å². The number of carbonyl (C=O) groups is 1. The van der Waals surface area contributed by atoms with Crippen LogP contribution in [-0.4, -0.2) is 47.3 Å². The minimum atomic E-state index is -0.628. The third-order valence-corrected chi connectivity index (χ3v) is 5.78. The summed E-state index contributed by atoms with van der Waals surface area (Å²) in [5.74, 6) is 0.657. The molecule has 4 heterocycles. The zero-order valence-electron chi connectivity index (χ0n) is 16.2. The van der Waals surface area contributed by atoms with Crippen LogP contribution in [0.1, 0.15) is 31.4 Å². The molecule has 6 heteroatoms. The highest BCUT2D eigenvalue weighted by molar-refractivity contribution is 5.87. The maximum atomic E-state index is 13.3. The van der Waals surface area contributed by atoms with Crippen LogP contribution in [-0.2, 0) is 9.53 Å². The summed E-state index contributed by atoms with van der Waals surface area (Å²) in [6.07, 6.45) is 3.34. The highest BCUT2D eigenvalue weighted by Crippen LogP contribution is 2.40. The van der Waals surface area contributed by atoms with Gasteiger partial charge in [0.25, 0.3) is 5.91 Å². The van der Waals surface area contributed by atoms with Crippen molar-refractivity contribution in [2.45, 2.75) is 44.4 Å². The summed E-state index contributed by atoms with van der Waals surface area (Å²) < 4.78 is 19.5. The van der Waals surface area contributed by atoms with Gasteiger partial charge in [0, 0.05) is 32.5 Å². The first kappa shape index (κ1) is 18.9. The average molecular weight is 383 g/mol. The first-order chi connectivity index (χ1) is 13.6. The highest BCUT2D eigenvalue weighted by Gasteiger charge is 2.55. The Bertz CT molecular complexity index is 795. The summed E-state index contributed by atoms with van der Waals surface area (Å²) in [5, 5.41) is 0. The number of anilines is 1. The number of carbonyl (C=O) groups excluding carboxylic acids is 1. The molecule has 1 unspecified atom stereocenters. The van der Waals surface area contributed by atoms with Crippen LogP contribution in [0.15, 0.2) is 48.5 Å². The number of hydrogen-bond donors (Lipinski definition) is 0. The predicted octanol–water partition coefficient (Wildman–Crippen LogP) is 3.53. The van der Waals surface area contributed by atoms with Crippen LogP contribution >= 0.6 is 0 Å². The molecule has 2 aromatic rings. The molecule has 1 aromatic heterocycles. The molecule has 0 bridgehead atoms.